The summed E-state index contributed by atoms with van der Waals surface area (Å²) in [4.78, 5) is 8.02. The third-order valence-electron chi connectivity index (χ3n) is 3.26. The van der Waals surface area contributed by atoms with Gasteiger partial charge in [0.25, 0.3) is 0 Å². The minimum Gasteiger partial charge on any atom is -0.370 e. The van der Waals surface area contributed by atoms with Gasteiger partial charge in [-0.25, -0.2) is 4.99 Å². The summed E-state index contributed by atoms with van der Waals surface area (Å²) < 4.78 is 2.20. The van der Waals surface area contributed by atoms with Gasteiger partial charge in [0.1, 0.15) is 0 Å². The summed E-state index contributed by atoms with van der Waals surface area (Å²) in [6.07, 6.45) is 7.99. The van der Waals surface area contributed by atoms with Crippen LogP contribution in [0.25, 0.3) is 12.2 Å². The second kappa shape index (κ2) is 7.26. The molecule has 0 saturated heterocycles. The molecule has 2 rings (SSSR count). The first kappa shape index (κ1) is 15.6. The summed E-state index contributed by atoms with van der Waals surface area (Å²) in [7, 11) is 1.76. The molecule has 0 radical (unpaired) electrons. The molecule has 2 aromatic rings. The Morgan fingerprint density at radius 1 is 1.18 bits per heavy atom. The van der Waals surface area contributed by atoms with E-state index < -0.39 is 0 Å². The zero-order valence-corrected chi connectivity index (χ0v) is 12.9. The number of aromatic nitrogens is 1. The Labute approximate surface area is 130 Å². The molecule has 5 heteroatoms. The molecule has 4 N–H and O–H groups in total. The molecule has 0 unspecified atom stereocenters. The minimum absolute atomic E-state index is 0.0683. The van der Waals surface area contributed by atoms with Crippen LogP contribution in [0.3, 0.4) is 0 Å². The van der Waals surface area contributed by atoms with Crippen molar-refractivity contribution in [2.75, 3.05) is 7.05 Å². The summed E-state index contributed by atoms with van der Waals surface area (Å²) >= 11 is 0. The normalized spacial score (nSPS) is 13.0. The lowest BCUT2D eigenvalue weighted by molar-refractivity contribution is 0.778. The minimum atomic E-state index is 0.0683. The highest BCUT2D eigenvalue weighted by molar-refractivity contribution is 5.90. The standard InChI is InChI=1S/C17H21N5/c1-3-16-14(8-10-20-2)9-11-22(16)12-13-4-6-15(7-5-13)21-17(18)19/h3-11H,12H2,1-2H3,(H4,18,19,21)/b14-8-,16-3+,20-10?. The molecule has 22 heavy (non-hydrogen) atoms. The quantitative estimate of drug-likeness (QED) is 0.644. The Kier molecular flexibility index (Phi) is 5.14. The predicted octanol–water partition coefficient (Wildman–Crippen LogP) is 0.723. The van der Waals surface area contributed by atoms with Crippen LogP contribution in [0.5, 0.6) is 0 Å². The molecular formula is C17H21N5. The van der Waals surface area contributed by atoms with E-state index in [9.17, 15) is 0 Å². The number of nitrogens with zero attached hydrogens (tertiary/aromatic N) is 3. The number of nitrogens with two attached hydrogens (primary N) is 2. The average molecular weight is 295 g/mol. The van der Waals surface area contributed by atoms with Gasteiger partial charge in [0, 0.05) is 36.6 Å². The first-order chi connectivity index (χ1) is 10.6. The van der Waals surface area contributed by atoms with Gasteiger partial charge in [-0.2, -0.15) is 0 Å². The van der Waals surface area contributed by atoms with Gasteiger partial charge in [0.05, 0.1) is 5.69 Å². The highest BCUT2D eigenvalue weighted by Crippen LogP contribution is 2.13. The molecule has 5 nitrogen and oxygen atoms in total. The van der Waals surface area contributed by atoms with Gasteiger partial charge in [-0.05, 0) is 36.8 Å². The smallest absolute Gasteiger partial charge is 0.191 e. The molecule has 0 spiro atoms. The number of benzene rings is 1. The molecule has 0 aliphatic rings. The summed E-state index contributed by atoms with van der Waals surface area (Å²) in [5.41, 5.74) is 12.7. The van der Waals surface area contributed by atoms with Crippen LogP contribution in [0.15, 0.2) is 46.5 Å². The first-order valence-corrected chi connectivity index (χ1v) is 7.06. The van der Waals surface area contributed by atoms with Crippen LogP contribution in [0.2, 0.25) is 0 Å². The third-order valence-corrected chi connectivity index (χ3v) is 3.26. The van der Waals surface area contributed by atoms with Crippen LogP contribution in [0.4, 0.5) is 5.69 Å². The molecular weight excluding hydrogens is 274 g/mol. The van der Waals surface area contributed by atoms with Crippen molar-refractivity contribution in [3.05, 3.63) is 52.7 Å². The topological polar surface area (TPSA) is 81.7 Å². The molecule has 0 aliphatic heterocycles. The number of hydrogen-bond acceptors (Lipinski definition) is 2. The summed E-state index contributed by atoms with van der Waals surface area (Å²) in [5, 5.41) is 2.33. The second-order valence-electron chi connectivity index (χ2n) is 4.85. The molecule has 0 fully saturated rings. The lowest BCUT2D eigenvalue weighted by Gasteiger charge is -2.05. The van der Waals surface area contributed by atoms with E-state index >= 15 is 0 Å². The number of hydrogen-bond donors (Lipinski definition) is 2. The van der Waals surface area contributed by atoms with E-state index in [1.807, 2.05) is 37.3 Å². The van der Waals surface area contributed by atoms with Crippen molar-refractivity contribution < 1.29 is 0 Å². The van der Waals surface area contributed by atoms with Crippen molar-refractivity contribution in [2.24, 2.45) is 21.5 Å². The van der Waals surface area contributed by atoms with E-state index in [1.165, 1.54) is 10.9 Å². The van der Waals surface area contributed by atoms with Gasteiger partial charge in [0.2, 0.25) is 0 Å². The molecule has 0 amide bonds. The van der Waals surface area contributed by atoms with Gasteiger partial charge in [0.15, 0.2) is 5.96 Å². The van der Waals surface area contributed by atoms with E-state index in [1.54, 1.807) is 13.3 Å². The highest BCUT2D eigenvalue weighted by Gasteiger charge is 1.99. The Morgan fingerprint density at radius 2 is 1.91 bits per heavy atom. The second-order valence-corrected chi connectivity index (χ2v) is 4.85. The van der Waals surface area contributed by atoms with Gasteiger partial charge >= 0.3 is 0 Å². The Morgan fingerprint density at radius 3 is 2.50 bits per heavy atom. The fourth-order valence-corrected chi connectivity index (χ4v) is 2.29. The maximum atomic E-state index is 5.37. The van der Waals surface area contributed by atoms with E-state index in [4.69, 9.17) is 11.5 Å². The monoisotopic (exact) mass is 295 g/mol. The number of guanidine groups is 1. The van der Waals surface area contributed by atoms with Crippen molar-refractivity contribution in [1.29, 1.82) is 0 Å². The maximum absolute atomic E-state index is 5.37. The number of aliphatic imine (C=N–C) groups is 2. The molecule has 1 aromatic carbocycles. The zero-order chi connectivity index (χ0) is 15.9. The highest BCUT2D eigenvalue weighted by atomic mass is 15.0. The van der Waals surface area contributed by atoms with Crippen molar-refractivity contribution in [3.8, 4) is 0 Å². The Balaban J connectivity index is 2.28. The third kappa shape index (κ3) is 3.85. The molecule has 0 aliphatic carbocycles. The number of rotatable bonds is 4. The van der Waals surface area contributed by atoms with Crippen LogP contribution in [0.1, 0.15) is 12.5 Å². The average Bonchev–Trinajstić information content (AvgIpc) is 2.88. The van der Waals surface area contributed by atoms with Gasteiger partial charge in [-0.1, -0.05) is 18.2 Å². The molecule has 114 valence electrons. The summed E-state index contributed by atoms with van der Waals surface area (Å²) in [5.74, 6) is 0.0683. The largest absolute Gasteiger partial charge is 0.370 e. The molecule has 0 bridgehead atoms. The molecule has 1 aromatic heterocycles. The first-order valence-electron chi connectivity index (χ1n) is 7.06. The van der Waals surface area contributed by atoms with Crippen LogP contribution >= 0.6 is 0 Å². The fraction of sp³-hybridized carbons (Fsp3) is 0.176. The van der Waals surface area contributed by atoms with Crippen LogP contribution in [0, 0.1) is 0 Å². The van der Waals surface area contributed by atoms with Crippen molar-refractivity contribution in [1.82, 2.24) is 4.57 Å². The Bertz CT molecular complexity index is 791. The summed E-state index contributed by atoms with van der Waals surface area (Å²) in [6.45, 7) is 2.83. The predicted molar refractivity (Wildman–Crippen MR) is 93.7 cm³/mol. The van der Waals surface area contributed by atoms with E-state index in [-0.39, 0.29) is 5.96 Å². The fourth-order valence-electron chi connectivity index (χ4n) is 2.29. The molecule has 1 heterocycles. The maximum Gasteiger partial charge on any atom is 0.191 e. The lowest BCUT2D eigenvalue weighted by atomic mass is 10.2. The van der Waals surface area contributed by atoms with Crippen LogP contribution in [-0.4, -0.2) is 23.8 Å². The molecule has 0 atom stereocenters. The summed E-state index contributed by atoms with van der Waals surface area (Å²) in [6, 6.07) is 9.95. The SMILES string of the molecule is C/C=c1\c(=C/C=NC)ccn1Cc1ccc(N=C(N)N)cc1. The van der Waals surface area contributed by atoms with Crippen molar-refractivity contribution in [2.45, 2.75) is 13.5 Å². The Hall–Kier alpha value is -2.82. The van der Waals surface area contributed by atoms with Crippen molar-refractivity contribution >= 4 is 30.0 Å². The van der Waals surface area contributed by atoms with Crippen molar-refractivity contribution in [3.63, 3.8) is 0 Å². The van der Waals surface area contributed by atoms with E-state index in [0.29, 0.717) is 0 Å². The van der Waals surface area contributed by atoms with Gasteiger partial charge in [-0.3, -0.25) is 4.99 Å². The van der Waals surface area contributed by atoms with E-state index in [0.717, 1.165) is 17.5 Å². The zero-order valence-electron chi connectivity index (χ0n) is 12.9. The van der Waals surface area contributed by atoms with Crippen LogP contribution < -0.4 is 22.0 Å². The van der Waals surface area contributed by atoms with E-state index in [2.05, 4.69) is 32.9 Å². The van der Waals surface area contributed by atoms with Crippen LogP contribution in [-0.2, 0) is 6.54 Å². The van der Waals surface area contributed by atoms with Gasteiger partial charge in [-0.15, -0.1) is 0 Å². The lowest BCUT2D eigenvalue weighted by Crippen LogP contribution is -2.29. The van der Waals surface area contributed by atoms with Gasteiger partial charge < -0.3 is 16.0 Å². The molecule has 0 saturated carbocycles.